The molecule has 0 saturated carbocycles. The number of likely N-dealkylation sites (N-methyl/N-ethyl adjacent to an activating group) is 1. The minimum Gasteiger partial charge on any atom is -0.496 e. The fourth-order valence-corrected chi connectivity index (χ4v) is 1.63. The molecule has 0 heterocycles. The van der Waals surface area contributed by atoms with Crippen LogP contribution in [0.4, 0.5) is 0 Å². The lowest BCUT2D eigenvalue weighted by molar-refractivity contribution is 0.113. The van der Waals surface area contributed by atoms with Crippen molar-refractivity contribution in [2.24, 2.45) is 0 Å². The van der Waals surface area contributed by atoms with E-state index >= 15 is 0 Å². The van der Waals surface area contributed by atoms with Crippen molar-refractivity contribution in [3.05, 3.63) is 29.8 Å². The number of hydrogen-bond donors (Lipinski definition) is 1. The van der Waals surface area contributed by atoms with Crippen LogP contribution in [0, 0.1) is 0 Å². The van der Waals surface area contributed by atoms with Gasteiger partial charge in [-0.1, -0.05) is 25.1 Å². The predicted molar refractivity (Wildman–Crippen MR) is 65.9 cm³/mol. The third-order valence-electron chi connectivity index (χ3n) is 2.50. The molecule has 0 fully saturated rings. The highest BCUT2D eigenvalue weighted by molar-refractivity contribution is 5.35. The van der Waals surface area contributed by atoms with Crippen molar-refractivity contribution in [2.75, 3.05) is 27.4 Å². The van der Waals surface area contributed by atoms with Crippen molar-refractivity contribution in [1.29, 1.82) is 0 Å². The van der Waals surface area contributed by atoms with Crippen molar-refractivity contribution in [1.82, 2.24) is 5.32 Å². The molecule has 3 nitrogen and oxygen atoms in total. The van der Waals surface area contributed by atoms with Gasteiger partial charge in [-0.2, -0.15) is 0 Å². The number of nitrogens with one attached hydrogen (secondary N) is 1. The highest BCUT2D eigenvalue weighted by atomic mass is 16.5. The highest BCUT2D eigenvalue weighted by Gasteiger charge is 2.13. The topological polar surface area (TPSA) is 30.5 Å². The van der Waals surface area contributed by atoms with Crippen LogP contribution in [0.3, 0.4) is 0 Å². The van der Waals surface area contributed by atoms with E-state index in [0.29, 0.717) is 6.61 Å². The molecule has 16 heavy (non-hydrogen) atoms. The van der Waals surface area contributed by atoms with Crippen LogP contribution in [-0.2, 0) is 4.74 Å². The van der Waals surface area contributed by atoms with Gasteiger partial charge in [0.05, 0.1) is 19.8 Å². The fraction of sp³-hybridized carbons (Fsp3) is 0.538. The van der Waals surface area contributed by atoms with Crippen LogP contribution in [0.25, 0.3) is 0 Å². The van der Waals surface area contributed by atoms with Gasteiger partial charge in [0, 0.05) is 12.2 Å². The smallest absolute Gasteiger partial charge is 0.123 e. The van der Waals surface area contributed by atoms with Gasteiger partial charge in [-0.3, -0.25) is 0 Å². The molecule has 90 valence electrons. The molecule has 1 rings (SSSR count). The molecule has 0 aliphatic carbocycles. The molecule has 0 aromatic heterocycles. The Kier molecular flexibility index (Phi) is 5.90. The summed E-state index contributed by atoms with van der Waals surface area (Å²) in [5.74, 6) is 0.905. The summed E-state index contributed by atoms with van der Waals surface area (Å²) in [5, 5.41) is 3.25. The second kappa shape index (κ2) is 7.25. The molecule has 1 aromatic rings. The van der Waals surface area contributed by atoms with Gasteiger partial charge in [0.2, 0.25) is 0 Å². The standard InChI is InChI=1S/C13H21NO2/c1-4-9-16-10-12(14-2)11-7-5-6-8-13(11)15-3/h5-8,12,14H,4,9-10H2,1-3H3. The van der Waals surface area contributed by atoms with Crippen LogP contribution >= 0.6 is 0 Å². The zero-order valence-corrected chi connectivity index (χ0v) is 10.3. The normalized spacial score (nSPS) is 12.4. The van der Waals surface area contributed by atoms with Crippen LogP contribution in [0.1, 0.15) is 24.9 Å². The first-order valence-electron chi connectivity index (χ1n) is 5.71. The van der Waals surface area contributed by atoms with Gasteiger partial charge in [0.25, 0.3) is 0 Å². The minimum atomic E-state index is 0.183. The van der Waals surface area contributed by atoms with E-state index < -0.39 is 0 Å². The van der Waals surface area contributed by atoms with Gasteiger partial charge in [-0.25, -0.2) is 0 Å². The van der Waals surface area contributed by atoms with Gasteiger partial charge >= 0.3 is 0 Å². The average Bonchev–Trinajstić information content (AvgIpc) is 2.35. The summed E-state index contributed by atoms with van der Waals surface area (Å²) in [6, 6.07) is 8.21. The number of hydrogen-bond acceptors (Lipinski definition) is 3. The SMILES string of the molecule is CCCOCC(NC)c1ccccc1OC. The van der Waals surface area contributed by atoms with E-state index in [1.807, 2.05) is 25.2 Å². The summed E-state index contributed by atoms with van der Waals surface area (Å²) in [5.41, 5.74) is 1.14. The molecule has 0 spiro atoms. The number of methoxy groups -OCH3 is 1. The molecule has 1 aromatic carbocycles. The number of benzene rings is 1. The van der Waals surface area contributed by atoms with Crippen LogP contribution in [0.2, 0.25) is 0 Å². The van der Waals surface area contributed by atoms with E-state index in [2.05, 4.69) is 18.3 Å². The van der Waals surface area contributed by atoms with Gasteiger partial charge < -0.3 is 14.8 Å². The maximum absolute atomic E-state index is 5.57. The van der Waals surface area contributed by atoms with Crippen LogP contribution in [0.5, 0.6) is 5.75 Å². The summed E-state index contributed by atoms with van der Waals surface area (Å²) >= 11 is 0. The monoisotopic (exact) mass is 223 g/mol. The molecular formula is C13H21NO2. The van der Waals surface area contributed by atoms with Crippen LogP contribution in [0.15, 0.2) is 24.3 Å². The zero-order chi connectivity index (χ0) is 11.8. The van der Waals surface area contributed by atoms with E-state index in [9.17, 15) is 0 Å². The molecule has 0 bridgehead atoms. The van der Waals surface area contributed by atoms with Crippen molar-refractivity contribution < 1.29 is 9.47 Å². The van der Waals surface area contributed by atoms with Crippen LogP contribution < -0.4 is 10.1 Å². The van der Waals surface area contributed by atoms with Gasteiger partial charge in [0.15, 0.2) is 0 Å². The summed E-state index contributed by atoms with van der Waals surface area (Å²) in [6.45, 7) is 3.58. The maximum Gasteiger partial charge on any atom is 0.123 e. The van der Waals surface area contributed by atoms with E-state index in [4.69, 9.17) is 9.47 Å². The summed E-state index contributed by atoms with van der Waals surface area (Å²) in [4.78, 5) is 0. The first-order chi connectivity index (χ1) is 7.83. The Morgan fingerprint density at radius 3 is 2.69 bits per heavy atom. The van der Waals surface area contributed by atoms with E-state index in [1.54, 1.807) is 7.11 Å². The zero-order valence-electron chi connectivity index (χ0n) is 10.3. The molecule has 1 atom stereocenters. The van der Waals surface area contributed by atoms with Crippen molar-refractivity contribution in [3.63, 3.8) is 0 Å². The molecular weight excluding hydrogens is 202 g/mol. The Balaban J connectivity index is 2.69. The fourth-order valence-electron chi connectivity index (χ4n) is 1.63. The predicted octanol–water partition coefficient (Wildman–Crippen LogP) is 2.38. The lowest BCUT2D eigenvalue weighted by atomic mass is 10.1. The van der Waals surface area contributed by atoms with Gasteiger partial charge in [0.1, 0.15) is 5.75 Å². The largest absolute Gasteiger partial charge is 0.496 e. The van der Waals surface area contributed by atoms with Gasteiger partial charge in [-0.15, -0.1) is 0 Å². The molecule has 0 aliphatic rings. The second-order valence-corrected chi connectivity index (χ2v) is 3.66. The minimum absolute atomic E-state index is 0.183. The van der Waals surface area contributed by atoms with E-state index in [1.165, 1.54) is 0 Å². The summed E-state index contributed by atoms with van der Waals surface area (Å²) < 4.78 is 10.9. The molecule has 0 radical (unpaired) electrons. The Morgan fingerprint density at radius 2 is 2.06 bits per heavy atom. The quantitative estimate of drug-likeness (QED) is 0.720. The van der Waals surface area contributed by atoms with E-state index in [-0.39, 0.29) is 6.04 Å². The number of ether oxygens (including phenoxy) is 2. The molecule has 1 unspecified atom stereocenters. The molecule has 0 aliphatic heterocycles. The van der Waals surface area contributed by atoms with Gasteiger partial charge in [-0.05, 0) is 19.5 Å². The Hall–Kier alpha value is -1.06. The first-order valence-corrected chi connectivity index (χ1v) is 5.71. The summed E-state index contributed by atoms with van der Waals surface area (Å²) in [7, 11) is 3.63. The first kappa shape index (κ1) is 13.0. The third-order valence-corrected chi connectivity index (χ3v) is 2.50. The van der Waals surface area contributed by atoms with Crippen molar-refractivity contribution >= 4 is 0 Å². The Labute approximate surface area is 97.8 Å². The molecule has 1 N–H and O–H groups in total. The third kappa shape index (κ3) is 3.51. The highest BCUT2D eigenvalue weighted by Crippen LogP contribution is 2.24. The number of para-hydroxylation sites is 1. The average molecular weight is 223 g/mol. The Morgan fingerprint density at radius 1 is 1.31 bits per heavy atom. The van der Waals surface area contributed by atoms with Crippen LogP contribution in [-0.4, -0.2) is 27.4 Å². The Bertz CT molecular complexity index is 302. The lowest BCUT2D eigenvalue weighted by Gasteiger charge is -2.19. The van der Waals surface area contributed by atoms with Crippen molar-refractivity contribution in [3.8, 4) is 5.75 Å². The number of rotatable bonds is 7. The summed E-state index contributed by atoms with van der Waals surface area (Å²) in [6.07, 6.45) is 1.04. The molecule has 0 saturated heterocycles. The van der Waals surface area contributed by atoms with E-state index in [0.717, 1.165) is 24.3 Å². The molecule has 3 heteroatoms. The van der Waals surface area contributed by atoms with Crippen molar-refractivity contribution in [2.45, 2.75) is 19.4 Å². The molecule has 0 amide bonds. The maximum atomic E-state index is 5.57. The second-order valence-electron chi connectivity index (χ2n) is 3.66. The lowest BCUT2D eigenvalue weighted by Crippen LogP contribution is -2.22.